The molecule has 0 unspecified atom stereocenters. The number of hydrogen-bond donors (Lipinski definition) is 1. The molecule has 0 bridgehead atoms. The van der Waals surface area contributed by atoms with Gasteiger partial charge in [0, 0.05) is 4.47 Å². The van der Waals surface area contributed by atoms with E-state index in [1.165, 1.54) is 4.68 Å². The van der Waals surface area contributed by atoms with Crippen LogP contribution in [0.4, 0.5) is 0 Å². The average molecular weight is 315 g/mol. The molecule has 0 saturated carbocycles. The van der Waals surface area contributed by atoms with Crippen LogP contribution in [0.2, 0.25) is 0 Å². The maximum absolute atomic E-state index is 10.5. The second kappa shape index (κ2) is 5.28. The van der Waals surface area contributed by atoms with Gasteiger partial charge in [-0.15, -0.1) is 5.10 Å². The van der Waals surface area contributed by atoms with E-state index in [0.717, 1.165) is 21.9 Å². The normalized spacial score (nSPS) is 10.4. The standard InChI is InChI=1S/C9H7BrN4O2S/c10-6-2-1-3-7(4-6)14-9(11-12-13-14)17-5-8(15)16/h1-4H,5H2,(H,15,16). The van der Waals surface area contributed by atoms with Crippen LogP contribution < -0.4 is 0 Å². The first-order valence-electron chi connectivity index (χ1n) is 4.56. The van der Waals surface area contributed by atoms with Gasteiger partial charge in [0.2, 0.25) is 5.16 Å². The topological polar surface area (TPSA) is 80.9 Å². The third kappa shape index (κ3) is 3.04. The van der Waals surface area contributed by atoms with Gasteiger partial charge in [0.25, 0.3) is 0 Å². The van der Waals surface area contributed by atoms with Crippen molar-refractivity contribution in [1.29, 1.82) is 0 Å². The van der Waals surface area contributed by atoms with Crippen molar-refractivity contribution < 1.29 is 9.90 Å². The number of rotatable bonds is 4. The molecule has 88 valence electrons. The monoisotopic (exact) mass is 314 g/mol. The van der Waals surface area contributed by atoms with Crippen molar-refractivity contribution in [2.75, 3.05) is 5.75 Å². The van der Waals surface area contributed by atoms with E-state index in [0.29, 0.717) is 5.16 Å². The second-order valence-electron chi connectivity index (χ2n) is 3.04. The van der Waals surface area contributed by atoms with Gasteiger partial charge in [-0.1, -0.05) is 33.8 Å². The summed E-state index contributed by atoms with van der Waals surface area (Å²) in [5.74, 6) is -0.979. The quantitative estimate of drug-likeness (QED) is 0.863. The Balaban J connectivity index is 2.27. The second-order valence-corrected chi connectivity index (χ2v) is 4.89. The summed E-state index contributed by atoms with van der Waals surface area (Å²) in [5, 5.41) is 20.2. The molecule has 0 aliphatic rings. The lowest BCUT2D eigenvalue weighted by Gasteiger charge is -2.03. The van der Waals surface area contributed by atoms with Gasteiger partial charge in [-0.3, -0.25) is 4.79 Å². The fourth-order valence-corrected chi connectivity index (χ4v) is 2.16. The highest BCUT2D eigenvalue weighted by atomic mass is 79.9. The number of tetrazole rings is 1. The van der Waals surface area contributed by atoms with Crippen molar-refractivity contribution in [1.82, 2.24) is 20.2 Å². The highest BCUT2D eigenvalue weighted by Gasteiger charge is 2.10. The van der Waals surface area contributed by atoms with Crippen LogP contribution in [0.1, 0.15) is 0 Å². The summed E-state index contributed by atoms with van der Waals surface area (Å²) in [4.78, 5) is 10.5. The van der Waals surface area contributed by atoms with Gasteiger partial charge in [0.15, 0.2) is 0 Å². The summed E-state index contributed by atoms with van der Waals surface area (Å²) in [6, 6.07) is 7.43. The maximum Gasteiger partial charge on any atom is 0.313 e. The van der Waals surface area contributed by atoms with Crippen LogP contribution >= 0.6 is 27.7 Å². The Morgan fingerprint density at radius 2 is 2.35 bits per heavy atom. The van der Waals surface area contributed by atoms with Crippen LogP contribution in [-0.2, 0) is 4.79 Å². The molecular formula is C9H7BrN4O2S. The average Bonchev–Trinajstić information content (AvgIpc) is 2.74. The molecule has 2 rings (SSSR count). The minimum atomic E-state index is -0.904. The van der Waals surface area contributed by atoms with E-state index in [2.05, 4.69) is 31.5 Å². The Bertz CT molecular complexity index is 545. The third-order valence-electron chi connectivity index (χ3n) is 1.82. The lowest BCUT2D eigenvalue weighted by atomic mass is 10.3. The number of nitrogens with zero attached hydrogens (tertiary/aromatic N) is 4. The van der Waals surface area contributed by atoms with E-state index < -0.39 is 5.97 Å². The highest BCUT2D eigenvalue weighted by Crippen LogP contribution is 2.20. The molecule has 0 aliphatic carbocycles. The van der Waals surface area contributed by atoms with Crippen LogP contribution in [-0.4, -0.2) is 37.0 Å². The molecule has 0 radical (unpaired) electrons. The Kier molecular flexibility index (Phi) is 3.75. The van der Waals surface area contributed by atoms with Crippen LogP contribution in [0.25, 0.3) is 5.69 Å². The number of carboxylic acids is 1. The van der Waals surface area contributed by atoms with Crippen molar-refractivity contribution >= 4 is 33.7 Å². The van der Waals surface area contributed by atoms with Gasteiger partial charge < -0.3 is 5.11 Å². The fraction of sp³-hybridized carbons (Fsp3) is 0.111. The van der Waals surface area contributed by atoms with Gasteiger partial charge >= 0.3 is 5.97 Å². The Hall–Kier alpha value is -1.41. The fourth-order valence-electron chi connectivity index (χ4n) is 1.17. The first-order chi connectivity index (χ1) is 8.16. The molecule has 2 aromatic rings. The smallest absolute Gasteiger partial charge is 0.313 e. The van der Waals surface area contributed by atoms with Crippen molar-refractivity contribution in [2.24, 2.45) is 0 Å². The van der Waals surface area contributed by atoms with E-state index in [9.17, 15) is 4.79 Å². The molecule has 8 heteroatoms. The van der Waals surface area contributed by atoms with Gasteiger partial charge in [0.05, 0.1) is 11.4 Å². The zero-order valence-corrected chi connectivity index (χ0v) is 10.8. The summed E-state index contributed by atoms with van der Waals surface area (Å²) in [6.45, 7) is 0. The molecular weight excluding hydrogens is 308 g/mol. The molecule has 1 aromatic heterocycles. The molecule has 1 heterocycles. The van der Waals surface area contributed by atoms with Gasteiger partial charge in [0.1, 0.15) is 0 Å². The number of hydrogen-bond acceptors (Lipinski definition) is 5. The lowest BCUT2D eigenvalue weighted by Crippen LogP contribution is -2.02. The van der Waals surface area contributed by atoms with E-state index in [4.69, 9.17) is 5.11 Å². The lowest BCUT2D eigenvalue weighted by molar-refractivity contribution is -0.133. The number of carboxylic acid groups (broad SMARTS) is 1. The first-order valence-corrected chi connectivity index (χ1v) is 6.33. The van der Waals surface area contributed by atoms with Gasteiger partial charge in [-0.25, -0.2) is 0 Å². The molecule has 17 heavy (non-hydrogen) atoms. The number of halogens is 1. The van der Waals surface area contributed by atoms with E-state index in [-0.39, 0.29) is 5.75 Å². The summed E-state index contributed by atoms with van der Waals surface area (Å²) in [5.41, 5.74) is 0.775. The van der Waals surface area contributed by atoms with Gasteiger partial charge in [-0.2, -0.15) is 4.68 Å². The van der Waals surface area contributed by atoms with E-state index in [1.54, 1.807) is 0 Å². The van der Waals surface area contributed by atoms with Gasteiger partial charge in [-0.05, 0) is 28.6 Å². The van der Waals surface area contributed by atoms with Crippen molar-refractivity contribution in [3.8, 4) is 5.69 Å². The SMILES string of the molecule is O=C(O)CSc1nnnn1-c1cccc(Br)c1. The summed E-state index contributed by atoms with van der Waals surface area (Å²) >= 11 is 4.43. The number of carbonyl (C=O) groups is 1. The number of aromatic nitrogens is 4. The summed E-state index contributed by atoms with van der Waals surface area (Å²) < 4.78 is 2.40. The first kappa shape index (κ1) is 12.1. The Morgan fingerprint density at radius 3 is 3.06 bits per heavy atom. The van der Waals surface area contributed by atoms with Crippen molar-refractivity contribution in [2.45, 2.75) is 5.16 Å². The predicted molar refractivity (Wildman–Crippen MR) is 65.2 cm³/mol. The van der Waals surface area contributed by atoms with E-state index in [1.807, 2.05) is 24.3 Å². The summed E-state index contributed by atoms with van der Waals surface area (Å²) in [7, 11) is 0. The number of thioether (sulfide) groups is 1. The van der Waals surface area contributed by atoms with Crippen LogP contribution in [0.5, 0.6) is 0 Å². The molecule has 0 spiro atoms. The molecule has 0 aliphatic heterocycles. The number of benzene rings is 1. The largest absolute Gasteiger partial charge is 0.481 e. The predicted octanol–water partition coefficient (Wildman–Crippen LogP) is 1.60. The maximum atomic E-state index is 10.5. The molecule has 0 saturated heterocycles. The molecule has 0 atom stereocenters. The zero-order chi connectivity index (χ0) is 12.3. The Morgan fingerprint density at radius 1 is 1.53 bits per heavy atom. The zero-order valence-electron chi connectivity index (χ0n) is 8.45. The Labute approximate surface area is 109 Å². The van der Waals surface area contributed by atoms with Crippen LogP contribution in [0.3, 0.4) is 0 Å². The van der Waals surface area contributed by atoms with Crippen LogP contribution in [0.15, 0.2) is 33.9 Å². The molecule has 6 nitrogen and oxygen atoms in total. The number of aliphatic carboxylic acids is 1. The minimum Gasteiger partial charge on any atom is -0.481 e. The minimum absolute atomic E-state index is 0.0750. The molecule has 1 N–H and O–H groups in total. The van der Waals surface area contributed by atoms with Crippen molar-refractivity contribution in [3.63, 3.8) is 0 Å². The summed E-state index contributed by atoms with van der Waals surface area (Å²) in [6.07, 6.45) is 0. The van der Waals surface area contributed by atoms with Crippen molar-refractivity contribution in [3.05, 3.63) is 28.7 Å². The highest BCUT2D eigenvalue weighted by molar-refractivity contribution is 9.10. The molecule has 0 amide bonds. The third-order valence-corrected chi connectivity index (χ3v) is 3.22. The molecule has 0 fully saturated rings. The molecule has 1 aromatic carbocycles. The van der Waals surface area contributed by atoms with Crippen LogP contribution in [0, 0.1) is 0 Å². The van der Waals surface area contributed by atoms with E-state index >= 15 is 0 Å².